The number of rotatable bonds is 4. The lowest BCUT2D eigenvalue weighted by atomic mass is 10.1. The van der Waals surface area contributed by atoms with Gasteiger partial charge in [0.25, 0.3) is 5.91 Å². The van der Waals surface area contributed by atoms with Crippen LogP contribution in [-0.4, -0.2) is 45.6 Å². The normalized spacial score (nSPS) is 12.9. The summed E-state index contributed by atoms with van der Waals surface area (Å²) in [7, 11) is 0. The van der Waals surface area contributed by atoms with E-state index in [2.05, 4.69) is 20.6 Å². The van der Waals surface area contributed by atoms with Crippen molar-refractivity contribution < 1.29 is 32.7 Å². The Kier molecular flexibility index (Phi) is 7.69. The predicted molar refractivity (Wildman–Crippen MR) is 123 cm³/mol. The van der Waals surface area contributed by atoms with Crippen LogP contribution in [0.15, 0.2) is 60.8 Å². The summed E-state index contributed by atoms with van der Waals surface area (Å²) in [6, 6.07) is 13.3. The number of aromatic nitrogens is 2. The summed E-state index contributed by atoms with van der Waals surface area (Å²) in [5.41, 5.74) is 5.91. The third kappa shape index (κ3) is 6.56. The second-order valence-electron chi connectivity index (χ2n) is 7.38. The van der Waals surface area contributed by atoms with Crippen molar-refractivity contribution in [3.63, 3.8) is 0 Å². The van der Waals surface area contributed by atoms with Crippen LogP contribution in [0.25, 0.3) is 22.5 Å². The molecule has 4 N–H and O–H groups in total. The van der Waals surface area contributed by atoms with E-state index < -0.39 is 12.1 Å². The lowest BCUT2D eigenvalue weighted by Crippen LogP contribution is -2.31. The van der Waals surface area contributed by atoms with Crippen molar-refractivity contribution in [2.45, 2.75) is 19.5 Å². The Morgan fingerprint density at radius 1 is 1.14 bits per heavy atom. The third-order valence-corrected chi connectivity index (χ3v) is 4.86. The molecule has 4 rings (SSSR count). The molecule has 2 amide bonds. The molecule has 8 nitrogen and oxygen atoms in total. The quantitative estimate of drug-likeness (QED) is 0.412. The molecule has 3 aromatic rings. The van der Waals surface area contributed by atoms with Gasteiger partial charge in [0.2, 0.25) is 5.91 Å². The molecule has 0 spiro atoms. The van der Waals surface area contributed by atoms with Crippen molar-refractivity contribution in [1.29, 1.82) is 0 Å². The lowest BCUT2D eigenvalue weighted by molar-refractivity contribution is -0.192. The van der Waals surface area contributed by atoms with Crippen LogP contribution < -0.4 is 10.6 Å². The van der Waals surface area contributed by atoms with Crippen LogP contribution in [-0.2, 0) is 16.0 Å². The number of hydrogen-bond acceptors (Lipinski definition) is 4. The molecule has 0 saturated carbocycles. The summed E-state index contributed by atoms with van der Waals surface area (Å²) < 4.78 is 31.7. The Morgan fingerprint density at radius 2 is 1.89 bits per heavy atom. The standard InChI is InChI=1S/C22H20N4O2.C2HF3O2/c1-2-4-21(27)25-16-6-3-5-14(11-16)19-12-15(7-9-23-19)20-13-17-18(26-20)8-10-24-22(17)28;3-2(4,5)1(6)7/h2-7,9,11-13,26H,8,10H2,1H3,(H,24,28)(H,25,27);(H,6,7). The number of carboxylic acid groups (broad SMARTS) is 1. The van der Waals surface area contributed by atoms with Gasteiger partial charge in [-0.15, -0.1) is 0 Å². The van der Waals surface area contributed by atoms with Gasteiger partial charge in [0.05, 0.1) is 11.3 Å². The van der Waals surface area contributed by atoms with Crippen molar-refractivity contribution in [3.8, 4) is 22.5 Å². The highest BCUT2D eigenvalue weighted by Crippen LogP contribution is 2.28. The molecule has 0 bridgehead atoms. The monoisotopic (exact) mass is 486 g/mol. The van der Waals surface area contributed by atoms with Crippen molar-refractivity contribution in [2.75, 3.05) is 11.9 Å². The Balaban J connectivity index is 0.000000429. The Labute approximate surface area is 197 Å². The molecule has 3 heterocycles. The minimum absolute atomic E-state index is 0.0393. The van der Waals surface area contributed by atoms with Gasteiger partial charge < -0.3 is 20.7 Å². The number of nitrogens with zero attached hydrogens (tertiary/aromatic N) is 1. The first-order chi connectivity index (χ1) is 16.6. The molecule has 182 valence electrons. The van der Waals surface area contributed by atoms with Gasteiger partial charge in [0.1, 0.15) is 0 Å². The second-order valence-corrected chi connectivity index (χ2v) is 7.38. The maximum absolute atomic E-state index is 12.0. The molecule has 11 heteroatoms. The summed E-state index contributed by atoms with van der Waals surface area (Å²) in [4.78, 5) is 40.5. The van der Waals surface area contributed by atoms with E-state index in [0.717, 1.165) is 34.6 Å². The number of alkyl halides is 3. The largest absolute Gasteiger partial charge is 0.490 e. The number of hydrogen-bond donors (Lipinski definition) is 4. The van der Waals surface area contributed by atoms with E-state index in [9.17, 15) is 22.8 Å². The summed E-state index contributed by atoms with van der Waals surface area (Å²) in [6.45, 7) is 2.45. The zero-order valence-electron chi connectivity index (χ0n) is 18.4. The average molecular weight is 486 g/mol. The van der Waals surface area contributed by atoms with Crippen LogP contribution in [0.1, 0.15) is 23.0 Å². The number of aliphatic carboxylic acids is 1. The Hall–Kier alpha value is -4.41. The first kappa shape index (κ1) is 25.2. The number of carbonyl (C=O) groups is 3. The average Bonchev–Trinajstić information content (AvgIpc) is 3.25. The van der Waals surface area contributed by atoms with Crippen LogP contribution in [0, 0.1) is 0 Å². The highest BCUT2D eigenvalue weighted by molar-refractivity contribution is 5.99. The topological polar surface area (TPSA) is 124 Å². The van der Waals surface area contributed by atoms with E-state index >= 15 is 0 Å². The fourth-order valence-corrected chi connectivity index (χ4v) is 3.30. The number of carboxylic acids is 1. The molecule has 0 atom stereocenters. The molecule has 1 aromatic carbocycles. The number of nitrogens with one attached hydrogen (secondary N) is 3. The molecule has 0 unspecified atom stereocenters. The highest BCUT2D eigenvalue weighted by Gasteiger charge is 2.38. The van der Waals surface area contributed by atoms with Gasteiger partial charge in [0, 0.05) is 47.4 Å². The smallest absolute Gasteiger partial charge is 0.475 e. The second kappa shape index (κ2) is 10.7. The van der Waals surface area contributed by atoms with Gasteiger partial charge in [-0.25, -0.2) is 4.79 Å². The molecule has 0 fully saturated rings. The fraction of sp³-hybridized carbons (Fsp3) is 0.167. The van der Waals surface area contributed by atoms with E-state index in [1.165, 1.54) is 6.08 Å². The predicted octanol–water partition coefficient (Wildman–Crippen LogP) is 4.18. The van der Waals surface area contributed by atoms with Crippen LogP contribution in [0.3, 0.4) is 0 Å². The van der Waals surface area contributed by atoms with Gasteiger partial charge >= 0.3 is 12.1 Å². The summed E-state index contributed by atoms with van der Waals surface area (Å²) in [6.07, 6.45) is 0.637. The summed E-state index contributed by atoms with van der Waals surface area (Å²) in [5.74, 6) is -2.97. The van der Waals surface area contributed by atoms with E-state index in [0.29, 0.717) is 17.8 Å². The van der Waals surface area contributed by atoms with Gasteiger partial charge in [0.15, 0.2) is 0 Å². The number of anilines is 1. The van der Waals surface area contributed by atoms with Gasteiger partial charge in [-0.1, -0.05) is 18.2 Å². The number of carbonyl (C=O) groups excluding carboxylic acids is 2. The van der Waals surface area contributed by atoms with Gasteiger partial charge in [-0.2, -0.15) is 13.2 Å². The van der Waals surface area contributed by atoms with E-state index in [4.69, 9.17) is 9.90 Å². The molecule has 2 aromatic heterocycles. The molecule has 1 aliphatic heterocycles. The molecule has 0 radical (unpaired) electrons. The van der Waals surface area contributed by atoms with Crippen LogP contribution in [0.5, 0.6) is 0 Å². The zero-order valence-corrected chi connectivity index (χ0v) is 18.4. The number of benzene rings is 1. The number of pyridine rings is 1. The van der Waals surface area contributed by atoms with E-state index in [-0.39, 0.29) is 11.8 Å². The highest BCUT2D eigenvalue weighted by atomic mass is 19.4. The van der Waals surface area contributed by atoms with E-state index in [1.807, 2.05) is 42.5 Å². The molecular weight excluding hydrogens is 465 g/mol. The Morgan fingerprint density at radius 3 is 2.54 bits per heavy atom. The van der Waals surface area contributed by atoms with Gasteiger partial charge in [-0.3, -0.25) is 14.6 Å². The third-order valence-electron chi connectivity index (χ3n) is 4.86. The lowest BCUT2D eigenvalue weighted by Gasteiger charge is -2.11. The van der Waals surface area contributed by atoms with Gasteiger partial charge in [-0.05, 0) is 43.3 Å². The van der Waals surface area contributed by atoms with Crippen molar-refractivity contribution >= 4 is 23.5 Å². The zero-order chi connectivity index (χ0) is 25.6. The molecule has 35 heavy (non-hydrogen) atoms. The number of H-pyrrole nitrogens is 1. The summed E-state index contributed by atoms with van der Waals surface area (Å²) in [5, 5.41) is 12.8. The molecule has 0 aliphatic carbocycles. The van der Waals surface area contributed by atoms with Crippen LogP contribution in [0.4, 0.5) is 18.9 Å². The number of allylic oxidation sites excluding steroid dienone is 1. The first-order valence-electron chi connectivity index (χ1n) is 10.4. The number of aromatic amines is 1. The molecule has 0 saturated heterocycles. The number of fused-ring (bicyclic) bond motifs is 1. The van der Waals surface area contributed by atoms with E-state index in [1.54, 1.807) is 19.2 Å². The number of halogens is 3. The molecular formula is C24H21F3N4O4. The van der Waals surface area contributed by atoms with Crippen LogP contribution in [0.2, 0.25) is 0 Å². The van der Waals surface area contributed by atoms with Crippen molar-refractivity contribution in [1.82, 2.24) is 15.3 Å². The Bertz CT molecular complexity index is 1280. The van der Waals surface area contributed by atoms with Crippen molar-refractivity contribution in [2.24, 2.45) is 0 Å². The summed E-state index contributed by atoms with van der Waals surface area (Å²) >= 11 is 0. The number of amides is 2. The maximum atomic E-state index is 12.0. The minimum atomic E-state index is -5.08. The fourth-order valence-electron chi connectivity index (χ4n) is 3.30. The van der Waals surface area contributed by atoms with Crippen molar-refractivity contribution in [3.05, 3.63) is 72.1 Å². The molecule has 1 aliphatic rings. The minimum Gasteiger partial charge on any atom is -0.475 e. The van der Waals surface area contributed by atoms with Crippen LogP contribution >= 0.6 is 0 Å². The first-order valence-corrected chi connectivity index (χ1v) is 10.4. The maximum Gasteiger partial charge on any atom is 0.490 e. The SMILES string of the molecule is CC=CC(=O)Nc1cccc(-c2cc(-c3cc4c([nH]3)CCNC4=O)ccn2)c1.O=C(O)C(F)(F)F.